The molecule has 5 heteroatoms. The highest BCUT2D eigenvalue weighted by atomic mass is 19.1. The molecule has 4 nitrogen and oxygen atoms in total. The third-order valence-electron chi connectivity index (χ3n) is 2.50. The summed E-state index contributed by atoms with van der Waals surface area (Å²) in [6, 6.07) is 3.86. The lowest BCUT2D eigenvalue weighted by Gasteiger charge is -2.06. The van der Waals surface area contributed by atoms with Gasteiger partial charge in [0.1, 0.15) is 18.2 Å². The highest BCUT2D eigenvalue weighted by molar-refractivity contribution is 5.79. The maximum absolute atomic E-state index is 12.9. The van der Waals surface area contributed by atoms with Crippen LogP contribution in [0.15, 0.2) is 30.6 Å². The minimum absolute atomic E-state index is 0.206. The second kappa shape index (κ2) is 5.44. The van der Waals surface area contributed by atoms with Gasteiger partial charge in [-0.3, -0.25) is 9.48 Å². The molecule has 0 fully saturated rings. The average molecular weight is 248 g/mol. The zero-order valence-corrected chi connectivity index (χ0v) is 9.97. The molecule has 0 atom stereocenters. The number of nitrogens with zero attached hydrogens (tertiary/aromatic N) is 2. The van der Waals surface area contributed by atoms with Crippen molar-refractivity contribution in [2.45, 2.75) is 20.1 Å². The summed E-state index contributed by atoms with van der Waals surface area (Å²) in [4.78, 5) is 10.8. The van der Waals surface area contributed by atoms with Gasteiger partial charge >= 0.3 is 0 Å². The third kappa shape index (κ3) is 2.74. The van der Waals surface area contributed by atoms with Crippen molar-refractivity contribution in [3.8, 4) is 5.75 Å². The topological polar surface area (TPSA) is 44.1 Å². The van der Waals surface area contributed by atoms with Crippen LogP contribution < -0.4 is 4.74 Å². The van der Waals surface area contributed by atoms with Crippen molar-refractivity contribution in [2.24, 2.45) is 0 Å². The number of ether oxygens (including phenoxy) is 1. The molecular weight excluding hydrogens is 235 g/mol. The number of aldehydes is 1. The van der Waals surface area contributed by atoms with Gasteiger partial charge in [-0.05, 0) is 25.1 Å². The van der Waals surface area contributed by atoms with Crippen LogP contribution in [0.1, 0.15) is 22.8 Å². The zero-order valence-electron chi connectivity index (χ0n) is 9.97. The fourth-order valence-corrected chi connectivity index (χ4v) is 1.56. The molecule has 0 N–H and O–H groups in total. The van der Waals surface area contributed by atoms with Crippen LogP contribution in [0.25, 0.3) is 0 Å². The number of carbonyl (C=O) groups excluding carboxylic acids is 1. The summed E-state index contributed by atoms with van der Waals surface area (Å²) in [5.41, 5.74) is 1.11. The average Bonchev–Trinajstić information content (AvgIpc) is 2.85. The van der Waals surface area contributed by atoms with Gasteiger partial charge in [-0.25, -0.2) is 4.39 Å². The monoisotopic (exact) mass is 248 g/mol. The summed E-state index contributed by atoms with van der Waals surface area (Å²) in [7, 11) is 0. The number of aryl methyl sites for hydroxylation is 1. The SMILES string of the molecule is CCn1cc(COc2ccc(F)cc2C=O)cn1. The van der Waals surface area contributed by atoms with Gasteiger partial charge in [0.15, 0.2) is 6.29 Å². The number of benzene rings is 1. The molecule has 0 aliphatic carbocycles. The van der Waals surface area contributed by atoms with Crippen LogP contribution in [0, 0.1) is 5.82 Å². The molecule has 1 aromatic heterocycles. The first-order valence-corrected chi connectivity index (χ1v) is 5.61. The Labute approximate surface area is 104 Å². The van der Waals surface area contributed by atoms with E-state index in [9.17, 15) is 9.18 Å². The van der Waals surface area contributed by atoms with E-state index in [2.05, 4.69) is 5.10 Å². The first-order valence-electron chi connectivity index (χ1n) is 5.61. The van der Waals surface area contributed by atoms with Crippen molar-refractivity contribution in [2.75, 3.05) is 0 Å². The van der Waals surface area contributed by atoms with Gasteiger partial charge in [0.05, 0.1) is 11.8 Å². The highest BCUT2D eigenvalue weighted by Crippen LogP contribution is 2.19. The van der Waals surface area contributed by atoms with Gasteiger partial charge in [-0.2, -0.15) is 5.10 Å². The first kappa shape index (κ1) is 12.3. The second-order valence-corrected chi connectivity index (χ2v) is 3.79. The van der Waals surface area contributed by atoms with E-state index in [0.29, 0.717) is 18.6 Å². The normalized spacial score (nSPS) is 10.3. The molecule has 0 amide bonds. The molecule has 0 radical (unpaired) electrons. The zero-order chi connectivity index (χ0) is 13.0. The van der Waals surface area contributed by atoms with Crippen molar-refractivity contribution >= 4 is 6.29 Å². The van der Waals surface area contributed by atoms with Gasteiger partial charge in [-0.15, -0.1) is 0 Å². The maximum atomic E-state index is 12.9. The predicted octanol–water partition coefficient (Wildman–Crippen LogP) is 2.43. The second-order valence-electron chi connectivity index (χ2n) is 3.79. The highest BCUT2D eigenvalue weighted by Gasteiger charge is 2.05. The molecule has 2 aromatic rings. The van der Waals surface area contributed by atoms with Crippen molar-refractivity contribution in [1.82, 2.24) is 9.78 Å². The fourth-order valence-electron chi connectivity index (χ4n) is 1.56. The Balaban J connectivity index is 2.07. The Morgan fingerprint density at radius 3 is 3.00 bits per heavy atom. The van der Waals surface area contributed by atoms with Crippen LogP contribution in [-0.2, 0) is 13.2 Å². The van der Waals surface area contributed by atoms with Gasteiger partial charge < -0.3 is 4.74 Å². The third-order valence-corrected chi connectivity index (χ3v) is 2.50. The lowest BCUT2D eigenvalue weighted by molar-refractivity contribution is 0.111. The number of hydrogen-bond donors (Lipinski definition) is 0. The summed E-state index contributed by atoms with van der Waals surface area (Å²) in [6.07, 6.45) is 4.14. The van der Waals surface area contributed by atoms with E-state index < -0.39 is 5.82 Å². The molecule has 94 valence electrons. The fraction of sp³-hybridized carbons (Fsp3) is 0.231. The number of rotatable bonds is 5. The van der Waals surface area contributed by atoms with Crippen LogP contribution in [0.5, 0.6) is 5.75 Å². The smallest absolute Gasteiger partial charge is 0.153 e. The number of hydrogen-bond acceptors (Lipinski definition) is 3. The van der Waals surface area contributed by atoms with Crippen molar-refractivity contribution in [1.29, 1.82) is 0 Å². The van der Waals surface area contributed by atoms with Crippen LogP contribution in [0.2, 0.25) is 0 Å². The summed E-state index contributed by atoms with van der Waals surface area (Å²) >= 11 is 0. The van der Waals surface area contributed by atoms with Crippen LogP contribution in [-0.4, -0.2) is 16.1 Å². The molecule has 0 aliphatic heterocycles. The van der Waals surface area contributed by atoms with E-state index in [-0.39, 0.29) is 5.56 Å². The summed E-state index contributed by atoms with van der Waals surface area (Å²) in [5, 5.41) is 4.11. The molecule has 0 saturated heterocycles. The molecule has 0 aliphatic rings. The molecule has 2 rings (SSSR count). The first-order chi connectivity index (χ1) is 8.72. The van der Waals surface area contributed by atoms with E-state index in [1.807, 2.05) is 13.1 Å². The molecule has 1 heterocycles. The quantitative estimate of drug-likeness (QED) is 0.763. The molecule has 0 spiro atoms. The van der Waals surface area contributed by atoms with Crippen LogP contribution in [0.4, 0.5) is 4.39 Å². The molecule has 1 aromatic carbocycles. The molecular formula is C13H13FN2O2. The maximum Gasteiger partial charge on any atom is 0.153 e. The van der Waals surface area contributed by atoms with E-state index in [4.69, 9.17) is 4.74 Å². The van der Waals surface area contributed by atoms with E-state index in [1.54, 1.807) is 10.9 Å². The van der Waals surface area contributed by atoms with Gasteiger partial charge in [0.2, 0.25) is 0 Å². The summed E-state index contributed by atoms with van der Waals surface area (Å²) < 4.78 is 20.2. The molecule has 0 unspecified atom stereocenters. The predicted molar refractivity (Wildman–Crippen MR) is 64.0 cm³/mol. The summed E-state index contributed by atoms with van der Waals surface area (Å²) in [5.74, 6) is -0.0844. The summed E-state index contributed by atoms with van der Waals surface area (Å²) in [6.45, 7) is 3.07. The van der Waals surface area contributed by atoms with Crippen molar-refractivity contribution < 1.29 is 13.9 Å². The Morgan fingerprint density at radius 1 is 1.50 bits per heavy atom. The molecule has 0 bridgehead atoms. The van der Waals surface area contributed by atoms with Crippen molar-refractivity contribution in [3.05, 3.63) is 47.5 Å². The van der Waals surface area contributed by atoms with Crippen molar-refractivity contribution in [3.63, 3.8) is 0 Å². The number of carbonyl (C=O) groups is 1. The van der Waals surface area contributed by atoms with E-state index in [0.717, 1.165) is 18.2 Å². The number of aromatic nitrogens is 2. The lowest BCUT2D eigenvalue weighted by Crippen LogP contribution is -1.98. The standard InChI is InChI=1S/C13H13FN2O2/c1-2-16-7-10(6-15-16)9-18-13-4-3-12(14)5-11(13)8-17/h3-8H,2,9H2,1H3. The van der Waals surface area contributed by atoms with Gasteiger partial charge in [0, 0.05) is 18.3 Å². The van der Waals surface area contributed by atoms with Crippen LogP contribution in [0.3, 0.4) is 0 Å². The van der Waals surface area contributed by atoms with Gasteiger partial charge in [0.25, 0.3) is 0 Å². The van der Waals surface area contributed by atoms with Crippen LogP contribution >= 0.6 is 0 Å². The molecule has 18 heavy (non-hydrogen) atoms. The Hall–Kier alpha value is -2.17. The minimum atomic E-state index is -0.455. The van der Waals surface area contributed by atoms with Gasteiger partial charge in [-0.1, -0.05) is 0 Å². The molecule has 0 saturated carbocycles. The largest absolute Gasteiger partial charge is 0.488 e. The lowest BCUT2D eigenvalue weighted by atomic mass is 10.2. The Bertz CT molecular complexity index is 552. The number of halogens is 1. The Kier molecular flexibility index (Phi) is 3.72. The minimum Gasteiger partial charge on any atom is -0.488 e. The Morgan fingerprint density at radius 2 is 2.33 bits per heavy atom. The van der Waals surface area contributed by atoms with E-state index >= 15 is 0 Å². The van der Waals surface area contributed by atoms with E-state index in [1.165, 1.54) is 12.1 Å².